The van der Waals surface area contributed by atoms with Crippen LogP contribution in [-0.4, -0.2) is 37.1 Å². The minimum absolute atomic E-state index is 0.178. The van der Waals surface area contributed by atoms with Crippen LogP contribution in [0.5, 0.6) is 0 Å². The number of hydrogen-bond acceptors (Lipinski definition) is 4. The molecule has 24 heavy (non-hydrogen) atoms. The molecule has 0 unspecified atom stereocenters. The van der Waals surface area contributed by atoms with Crippen LogP contribution in [0.1, 0.15) is 58.8 Å². The Morgan fingerprint density at radius 3 is 2.58 bits per heavy atom. The Morgan fingerprint density at radius 2 is 1.88 bits per heavy atom. The fourth-order valence-electron chi connectivity index (χ4n) is 3.04. The Kier molecular flexibility index (Phi) is 9.19. The topological polar surface area (TPSA) is 111 Å². The maximum atomic E-state index is 11.9. The normalized spacial score (nSPS) is 23.3. The van der Waals surface area contributed by atoms with Crippen molar-refractivity contribution in [1.82, 2.24) is 10.6 Å². The van der Waals surface area contributed by atoms with Gasteiger partial charge in [-0.25, -0.2) is 4.79 Å². The Bertz CT molecular complexity index is 428. The summed E-state index contributed by atoms with van der Waals surface area (Å²) < 4.78 is 5.01. The molecule has 1 aliphatic rings. The quantitative estimate of drug-likeness (QED) is 0.438. The van der Waals surface area contributed by atoms with E-state index in [1.54, 1.807) is 0 Å². The molecule has 0 spiro atoms. The third-order valence-corrected chi connectivity index (χ3v) is 4.77. The molecule has 4 N–H and O–H groups in total. The monoisotopic (exact) mass is 341 g/mol. The van der Waals surface area contributed by atoms with E-state index in [1.807, 2.05) is 0 Å². The van der Waals surface area contributed by atoms with Gasteiger partial charge < -0.3 is 21.1 Å². The van der Waals surface area contributed by atoms with Gasteiger partial charge in [-0.3, -0.25) is 9.59 Å². The number of ether oxygens (including phenoxy) is 1. The van der Waals surface area contributed by atoms with Crippen LogP contribution in [0.15, 0.2) is 0 Å². The number of primary amides is 1. The van der Waals surface area contributed by atoms with Crippen molar-refractivity contribution in [2.24, 2.45) is 17.6 Å². The second-order valence-electron chi connectivity index (χ2n) is 6.70. The van der Waals surface area contributed by atoms with Crippen LogP contribution in [0.4, 0.5) is 4.79 Å². The van der Waals surface area contributed by atoms with E-state index in [2.05, 4.69) is 24.5 Å². The highest BCUT2D eigenvalue weighted by molar-refractivity contribution is 5.80. The third-order valence-electron chi connectivity index (χ3n) is 4.77. The molecule has 0 radical (unpaired) electrons. The van der Waals surface area contributed by atoms with E-state index in [-0.39, 0.29) is 30.9 Å². The van der Waals surface area contributed by atoms with Gasteiger partial charge in [0.2, 0.25) is 0 Å². The van der Waals surface area contributed by atoms with Crippen LogP contribution in [0.25, 0.3) is 0 Å². The van der Waals surface area contributed by atoms with Crippen molar-refractivity contribution >= 4 is 17.9 Å². The molecule has 7 nitrogen and oxygen atoms in total. The Labute approximate surface area is 144 Å². The molecule has 0 heterocycles. The molecule has 0 aliphatic heterocycles. The van der Waals surface area contributed by atoms with Gasteiger partial charge in [0.1, 0.15) is 0 Å². The molecule has 3 amide bonds. The molecular weight excluding hydrogens is 310 g/mol. The highest BCUT2D eigenvalue weighted by atomic mass is 16.5. The van der Waals surface area contributed by atoms with Crippen LogP contribution in [0, 0.1) is 11.8 Å². The first-order valence-electron chi connectivity index (χ1n) is 8.88. The highest BCUT2D eigenvalue weighted by Crippen LogP contribution is 2.29. The predicted octanol–water partition coefficient (Wildman–Crippen LogP) is 1.70. The molecule has 0 saturated heterocycles. The summed E-state index contributed by atoms with van der Waals surface area (Å²) in [4.78, 5) is 34.0. The Morgan fingerprint density at radius 1 is 1.12 bits per heavy atom. The highest BCUT2D eigenvalue weighted by Gasteiger charge is 2.28. The van der Waals surface area contributed by atoms with Gasteiger partial charge in [-0.2, -0.15) is 0 Å². The number of rotatable bonds is 9. The van der Waals surface area contributed by atoms with E-state index in [1.165, 1.54) is 6.42 Å². The van der Waals surface area contributed by atoms with E-state index in [4.69, 9.17) is 10.5 Å². The maximum absolute atomic E-state index is 11.9. The summed E-state index contributed by atoms with van der Waals surface area (Å²) in [6.45, 7) is 4.67. The maximum Gasteiger partial charge on any atom is 0.312 e. The third kappa shape index (κ3) is 8.17. The molecule has 0 aromatic heterocycles. The van der Waals surface area contributed by atoms with Crippen molar-refractivity contribution < 1.29 is 19.1 Å². The molecule has 1 aliphatic carbocycles. The van der Waals surface area contributed by atoms with Crippen LogP contribution in [0.2, 0.25) is 0 Å². The van der Waals surface area contributed by atoms with Gasteiger partial charge in [0.25, 0.3) is 5.91 Å². The molecular formula is C17H31N3O4. The zero-order valence-electron chi connectivity index (χ0n) is 14.8. The lowest BCUT2D eigenvalue weighted by molar-refractivity contribution is -0.149. The number of nitrogens with two attached hydrogens (primary N) is 1. The lowest BCUT2D eigenvalue weighted by Crippen LogP contribution is -2.45. The summed E-state index contributed by atoms with van der Waals surface area (Å²) in [6.07, 6.45) is 5.81. The van der Waals surface area contributed by atoms with Gasteiger partial charge in [-0.05, 0) is 31.1 Å². The first-order chi connectivity index (χ1) is 11.4. The largest absolute Gasteiger partial charge is 0.456 e. The second kappa shape index (κ2) is 10.9. The van der Waals surface area contributed by atoms with Gasteiger partial charge >= 0.3 is 12.0 Å². The van der Waals surface area contributed by atoms with E-state index in [0.29, 0.717) is 24.8 Å². The minimum Gasteiger partial charge on any atom is -0.456 e. The van der Waals surface area contributed by atoms with Crippen molar-refractivity contribution in [3.63, 3.8) is 0 Å². The molecule has 1 saturated carbocycles. The number of hydrogen-bond donors (Lipinski definition) is 3. The van der Waals surface area contributed by atoms with Crippen molar-refractivity contribution in [2.75, 3.05) is 13.2 Å². The lowest BCUT2D eigenvalue weighted by atomic mass is 9.78. The van der Waals surface area contributed by atoms with E-state index in [9.17, 15) is 14.4 Å². The summed E-state index contributed by atoms with van der Waals surface area (Å²) in [7, 11) is 0. The summed E-state index contributed by atoms with van der Waals surface area (Å²) >= 11 is 0. The van der Waals surface area contributed by atoms with Crippen molar-refractivity contribution in [3.8, 4) is 0 Å². The number of nitrogens with one attached hydrogen (secondary N) is 2. The number of amides is 3. The van der Waals surface area contributed by atoms with Gasteiger partial charge in [0.15, 0.2) is 6.61 Å². The number of carbonyl (C=O) groups excluding carboxylic acids is 3. The average molecular weight is 341 g/mol. The molecule has 0 bridgehead atoms. The van der Waals surface area contributed by atoms with Crippen molar-refractivity contribution in [3.05, 3.63) is 0 Å². The zero-order valence-corrected chi connectivity index (χ0v) is 14.8. The Hall–Kier alpha value is -1.79. The van der Waals surface area contributed by atoms with Crippen molar-refractivity contribution in [2.45, 2.75) is 64.8 Å². The van der Waals surface area contributed by atoms with Gasteiger partial charge in [-0.15, -0.1) is 0 Å². The van der Waals surface area contributed by atoms with Crippen LogP contribution in [-0.2, 0) is 14.3 Å². The summed E-state index contributed by atoms with van der Waals surface area (Å²) in [5, 5.41) is 5.47. The zero-order chi connectivity index (χ0) is 17.9. The second-order valence-corrected chi connectivity index (χ2v) is 6.70. The molecule has 0 aromatic carbocycles. The summed E-state index contributed by atoms with van der Waals surface area (Å²) in [6, 6.07) is -0.361. The molecule has 138 valence electrons. The van der Waals surface area contributed by atoms with Crippen molar-refractivity contribution in [1.29, 1.82) is 0 Å². The minimum atomic E-state index is -0.540. The molecule has 7 heteroatoms. The van der Waals surface area contributed by atoms with Crippen LogP contribution < -0.4 is 16.4 Å². The SMILES string of the molecule is C[C@@H]1[C@H](C)CCC[C@@H]1NC(=O)COC(=O)CCCCCNC(N)=O. The van der Waals surface area contributed by atoms with Crippen LogP contribution in [0.3, 0.4) is 0 Å². The summed E-state index contributed by atoms with van der Waals surface area (Å²) in [5.74, 6) is 0.473. The number of urea groups is 1. The molecule has 0 aromatic rings. The van der Waals surface area contributed by atoms with E-state index in [0.717, 1.165) is 25.7 Å². The molecule has 3 atom stereocenters. The molecule has 1 fully saturated rings. The predicted molar refractivity (Wildman–Crippen MR) is 91.1 cm³/mol. The lowest BCUT2D eigenvalue weighted by Gasteiger charge is -2.34. The van der Waals surface area contributed by atoms with Gasteiger partial charge in [0, 0.05) is 19.0 Å². The first kappa shape index (κ1) is 20.3. The smallest absolute Gasteiger partial charge is 0.312 e. The number of unbranched alkanes of at least 4 members (excludes halogenated alkanes) is 2. The molecule has 1 rings (SSSR count). The number of esters is 1. The Balaban J connectivity index is 2.09. The average Bonchev–Trinajstić information content (AvgIpc) is 2.53. The summed E-state index contributed by atoms with van der Waals surface area (Å²) in [5.41, 5.74) is 4.94. The number of carbonyl (C=O) groups is 3. The van der Waals surface area contributed by atoms with Gasteiger partial charge in [0.05, 0.1) is 0 Å². The van der Waals surface area contributed by atoms with Gasteiger partial charge in [-0.1, -0.05) is 33.1 Å². The van der Waals surface area contributed by atoms with E-state index < -0.39 is 6.03 Å². The standard InChI is InChI=1S/C17H31N3O4/c1-12-7-6-8-14(13(12)2)20-15(21)11-24-16(22)9-4-3-5-10-19-17(18)23/h12-14H,3-11H2,1-2H3,(H,20,21)(H3,18,19,23)/t12-,13-,14+/m1/s1. The first-order valence-corrected chi connectivity index (χ1v) is 8.88. The van der Waals surface area contributed by atoms with E-state index >= 15 is 0 Å². The van der Waals surface area contributed by atoms with Crippen LogP contribution >= 0.6 is 0 Å². The fourth-order valence-corrected chi connectivity index (χ4v) is 3.04. The fraction of sp³-hybridized carbons (Fsp3) is 0.824.